The van der Waals surface area contributed by atoms with Gasteiger partial charge in [-0.1, -0.05) is 13.8 Å². The van der Waals surface area contributed by atoms with Crippen molar-refractivity contribution in [1.29, 1.82) is 0 Å². The maximum atomic E-state index is 12.1. The molecule has 0 fully saturated rings. The fourth-order valence-electron chi connectivity index (χ4n) is 2.01. The molecule has 0 radical (unpaired) electrons. The van der Waals surface area contributed by atoms with Gasteiger partial charge >= 0.3 is 5.97 Å². The predicted octanol–water partition coefficient (Wildman–Crippen LogP) is 1.98. The monoisotopic (exact) mass is 373 g/mol. The van der Waals surface area contributed by atoms with Gasteiger partial charge in [-0.15, -0.1) is 0 Å². The Morgan fingerprint density at radius 3 is 2.75 bits per heavy atom. The lowest BCUT2D eigenvalue weighted by Crippen LogP contribution is -2.23. The molecule has 0 saturated heterocycles. The minimum absolute atomic E-state index is 0.0256. The van der Waals surface area contributed by atoms with Gasteiger partial charge in [0, 0.05) is 12.8 Å². The molecule has 0 aliphatic heterocycles. The molecule has 2 N–H and O–H groups in total. The highest BCUT2D eigenvalue weighted by atomic mass is 32.2. The molecule has 0 saturated carbocycles. The molecule has 1 atom stereocenters. The number of rotatable bonds is 8. The Balaban J connectivity index is 3.22. The number of H-pyrrole nitrogens is 1. The number of thioether (sulfide) groups is 1. The average molecular weight is 374 g/mol. The van der Waals surface area contributed by atoms with Crippen LogP contribution in [0, 0.1) is 10.7 Å². The zero-order valence-electron chi connectivity index (χ0n) is 14.2. The molecule has 0 spiro atoms. The van der Waals surface area contributed by atoms with Gasteiger partial charge in [-0.2, -0.15) is 11.8 Å². The van der Waals surface area contributed by atoms with Crippen molar-refractivity contribution >= 4 is 36.2 Å². The van der Waals surface area contributed by atoms with Crippen molar-refractivity contribution in [3.63, 3.8) is 0 Å². The van der Waals surface area contributed by atoms with Gasteiger partial charge in [-0.3, -0.25) is 19.3 Å². The Morgan fingerprint density at radius 2 is 2.21 bits per heavy atom. The SMILES string of the molecule is COC(=O)[C@@H](CCSC)N=Cc1c(O)n(CC(C)C)c(=S)[nH]c1=O. The third-order valence-electron chi connectivity index (χ3n) is 3.21. The summed E-state index contributed by atoms with van der Waals surface area (Å²) in [5, 5.41) is 10.3. The van der Waals surface area contributed by atoms with Crippen LogP contribution in [0.4, 0.5) is 0 Å². The standard InChI is InChI=1S/C15H23N3O4S2/c1-9(2)8-18-13(20)10(12(19)17-15(18)23)7-16-11(5-6-24-4)14(21)22-3/h7,9,11,20H,5-6,8H2,1-4H3,(H,17,19,23)/t11-/m1/s1. The van der Waals surface area contributed by atoms with Crippen molar-refractivity contribution in [3.8, 4) is 5.88 Å². The van der Waals surface area contributed by atoms with Crippen LogP contribution in [-0.2, 0) is 16.1 Å². The van der Waals surface area contributed by atoms with E-state index in [2.05, 4.69) is 9.98 Å². The van der Waals surface area contributed by atoms with Crippen LogP contribution >= 0.6 is 24.0 Å². The number of aromatic nitrogens is 2. The zero-order valence-corrected chi connectivity index (χ0v) is 15.9. The van der Waals surface area contributed by atoms with Crippen LogP contribution in [0.1, 0.15) is 25.8 Å². The summed E-state index contributed by atoms with van der Waals surface area (Å²) in [5.74, 6) is 0.210. The molecule has 9 heteroatoms. The lowest BCUT2D eigenvalue weighted by molar-refractivity contribution is -0.142. The number of carbonyl (C=O) groups is 1. The molecule has 0 aromatic carbocycles. The summed E-state index contributed by atoms with van der Waals surface area (Å²) in [6.07, 6.45) is 3.61. The molecule has 0 aliphatic carbocycles. The predicted molar refractivity (Wildman–Crippen MR) is 98.8 cm³/mol. The van der Waals surface area contributed by atoms with Gasteiger partial charge in [0.05, 0.1) is 7.11 Å². The summed E-state index contributed by atoms with van der Waals surface area (Å²) in [4.78, 5) is 30.5. The van der Waals surface area contributed by atoms with Crippen LogP contribution < -0.4 is 5.56 Å². The number of ether oxygens (including phenoxy) is 1. The number of aromatic hydroxyl groups is 1. The molecule has 7 nitrogen and oxygen atoms in total. The second kappa shape index (κ2) is 9.63. The van der Waals surface area contributed by atoms with Crippen molar-refractivity contribution in [2.24, 2.45) is 10.9 Å². The summed E-state index contributed by atoms with van der Waals surface area (Å²) in [5.41, 5.74) is -0.572. The lowest BCUT2D eigenvalue weighted by Gasteiger charge is -2.13. The van der Waals surface area contributed by atoms with Crippen LogP contribution in [0.15, 0.2) is 9.79 Å². The number of hydrogen-bond donors (Lipinski definition) is 2. The first-order chi connectivity index (χ1) is 11.3. The number of methoxy groups -OCH3 is 1. The lowest BCUT2D eigenvalue weighted by atomic mass is 10.2. The number of nitrogens with one attached hydrogen (secondary N) is 1. The molecule has 1 heterocycles. The van der Waals surface area contributed by atoms with Crippen LogP contribution in [0.3, 0.4) is 0 Å². The van der Waals surface area contributed by atoms with Crippen molar-refractivity contribution in [2.45, 2.75) is 32.9 Å². The number of aliphatic imine (C=N–C) groups is 1. The van der Waals surface area contributed by atoms with Crippen molar-refractivity contribution in [3.05, 3.63) is 20.7 Å². The van der Waals surface area contributed by atoms with Gasteiger partial charge in [0.15, 0.2) is 4.77 Å². The molecule has 1 rings (SSSR count). The summed E-state index contributed by atoms with van der Waals surface area (Å²) >= 11 is 6.66. The van der Waals surface area contributed by atoms with Gasteiger partial charge in [-0.05, 0) is 36.6 Å². The highest BCUT2D eigenvalue weighted by Gasteiger charge is 2.18. The highest BCUT2D eigenvalue weighted by Crippen LogP contribution is 2.14. The highest BCUT2D eigenvalue weighted by molar-refractivity contribution is 7.98. The molecule has 24 heavy (non-hydrogen) atoms. The summed E-state index contributed by atoms with van der Waals surface area (Å²) in [6.45, 7) is 4.39. The second-order valence-corrected chi connectivity index (χ2v) is 6.97. The maximum absolute atomic E-state index is 12.1. The first-order valence-electron chi connectivity index (χ1n) is 7.47. The molecular formula is C15H23N3O4S2. The Labute approximate surface area is 150 Å². The Kier molecular flexibility index (Phi) is 8.20. The molecule has 0 unspecified atom stereocenters. The third kappa shape index (κ3) is 5.48. The van der Waals surface area contributed by atoms with Crippen LogP contribution in [0.2, 0.25) is 0 Å². The second-order valence-electron chi connectivity index (χ2n) is 5.60. The number of aromatic amines is 1. The van der Waals surface area contributed by atoms with Gasteiger partial charge < -0.3 is 9.84 Å². The number of esters is 1. The van der Waals surface area contributed by atoms with E-state index >= 15 is 0 Å². The number of hydrogen-bond acceptors (Lipinski definition) is 7. The number of nitrogens with zero attached hydrogens (tertiary/aromatic N) is 2. The van der Waals surface area contributed by atoms with Gasteiger partial charge in [0.1, 0.15) is 11.6 Å². The Bertz CT molecular complexity index is 710. The van der Waals surface area contributed by atoms with Gasteiger partial charge in [0.2, 0.25) is 5.88 Å². The summed E-state index contributed by atoms with van der Waals surface area (Å²) < 4.78 is 6.31. The first kappa shape index (κ1) is 20.4. The minimum Gasteiger partial charge on any atom is -0.494 e. The van der Waals surface area contributed by atoms with E-state index < -0.39 is 17.6 Å². The fourth-order valence-corrected chi connectivity index (χ4v) is 2.72. The average Bonchev–Trinajstić information content (AvgIpc) is 2.53. The molecule has 1 aromatic heterocycles. The maximum Gasteiger partial charge on any atom is 0.330 e. The summed E-state index contributed by atoms with van der Waals surface area (Å²) in [7, 11) is 1.29. The molecular weight excluding hydrogens is 350 g/mol. The molecule has 0 bridgehead atoms. The van der Waals surface area contributed by atoms with Crippen LogP contribution in [-0.4, -0.2) is 52.0 Å². The summed E-state index contributed by atoms with van der Waals surface area (Å²) in [6, 6.07) is -0.719. The molecule has 134 valence electrons. The Hall–Kier alpha value is -1.61. The normalized spacial score (nSPS) is 12.7. The van der Waals surface area contributed by atoms with E-state index in [1.807, 2.05) is 20.1 Å². The van der Waals surface area contributed by atoms with Gasteiger partial charge in [-0.25, -0.2) is 4.79 Å². The molecule has 0 amide bonds. The fraction of sp³-hybridized carbons (Fsp3) is 0.600. The topological polar surface area (TPSA) is 96.7 Å². The van der Waals surface area contributed by atoms with E-state index in [4.69, 9.17) is 17.0 Å². The molecule has 0 aliphatic rings. The zero-order chi connectivity index (χ0) is 18.3. The van der Waals surface area contributed by atoms with Crippen molar-refractivity contribution in [1.82, 2.24) is 9.55 Å². The van der Waals surface area contributed by atoms with Crippen LogP contribution in [0.5, 0.6) is 5.88 Å². The quantitative estimate of drug-likeness (QED) is 0.411. The van der Waals surface area contributed by atoms with E-state index in [0.29, 0.717) is 13.0 Å². The minimum atomic E-state index is -0.719. The van der Waals surface area contributed by atoms with Crippen molar-refractivity contribution < 1.29 is 14.6 Å². The molecule has 1 aromatic rings. The largest absolute Gasteiger partial charge is 0.494 e. The van der Waals surface area contributed by atoms with Gasteiger partial charge in [0.25, 0.3) is 5.56 Å². The van der Waals surface area contributed by atoms with E-state index in [0.717, 1.165) is 5.75 Å². The Morgan fingerprint density at radius 1 is 1.54 bits per heavy atom. The first-order valence-corrected chi connectivity index (χ1v) is 9.28. The van der Waals surface area contributed by atoms with E-state index in [9.17, 15) is 14.7 Å². The van der Waals surface area contributed by atoms with Crippen LogP contribution in [0.25, 0.3) is 0 Å². The number of carbonyl (C=O) groups excluding carboxylic acids is 1. The smallest absolute Gasteiger partial charge is 0.330 e. The van der Waals surface area contributed by atoms with E-state index in [-0.39, 0.29) is 22.1 Å². The van der Waals surface area contributed by atoms with Crippen molar-refractivity contribution in [2.75, 3.05) is 19.1 Å². The van der Waals surface area contributed by atoms with E-state index in [1.165, 1.54) is 17.9 Å². The third-order valence-corrected chi connectivity index (χ3v) is 4.17. The van der Waals surface area contributed by atoms with E-state index in [1.54, 1.807) is 11.8 Å².